The highest BCUT2D eigenvalue weighted by Gasteiger charge is 2.06. The molecule has 0 unspecified atom stereocenters. The summed E-state index contributed by atoms with van der Waals surface area (Å²) in [7, 11) is 0. The van der Waals surface area contributed by atoms with Crippen LogP contribution in [0.3, 0.4) is 0 Å². The summed E-state index contributed by atoms with van der Waals surface area (Å²) < 4.78 is 0. The SMILES string of the molecule is CC(C)CSCc1ccccc1/C(N)=N/O. The Bertz CT molecular complexity index is 364. The summed E-state index contributed by atoms with van der Waals surface area (Å²) in [6.07, 6.45) is 0. The average molecular weight is 238 g/mol. The number of rotatable bonds is 5. The Morgan fingerprint density at radius 3 is 2.75 bits per heavy atom. The van der Waals surface area contributed by atoms with Crippen molar-refractivity contribution in [3.05, 3.63) is 35.4 Å². The number of benzene rings is 1. The molecule has 0 aliphatic rings. The van der Waals surface area contributed by atoms with Crippen molar-refractivity contribution < 1.29 is 5.21 Å². The highest BCUT2D eigenvalue weighted by Crippen LogP contribution is 2.18. The molecule has 88 valence electrons. The summed E-state index contributed by atoms with van der Waals surface area (Å²) in [5.74, 6) is 2.87. The molecule has 3 nitrogen and oxygen atoms in total. The van der Waals surface area contributed by atoms with Crippen molar-refractivity contribution >= 4 is 17.6 Å². The van der Waals surface area contributed by atoms with Gasteiger partial charge in [-0.3, -0.25) is 0 Å². The molecule has 1 aromatic rings. The third kappa shape index (κ3) is 3.77. The lowest BCUT2D eigenvalue weighted by Crippen LogP contribution is -2.15. The van der Waals surface area contributed by atoms with Gasteiger partial charge in [0.2, 0.25) is 0 Å². The van der Waals surface area contributed by atoms with Crippen molar-refractivity contribution in [3.8, 4) is 0 Å². The number of oxime groups is 1. The van der Waals surface area contributed by atoms with Gasteiger partial charge in [-0.15, -0.1) is 0 Å². The fraction of sp³-hybridized carbons (Fsp3) is 0.417. The maximum absolute atomic E-state index is 8.68. The molecule has 4 heteroatoms. The molecule has 0 spiro atoms. The molecule has 3 N–H and O–H groups in total. The van der Waals surface area contributed by atoms with Gasteiger partial charge in [0.1, 0.15) is 0 Å². The molecule has 0 saturated heterocycles. The minimum Gasteiger partial charge on any atom is -0.409 e. The predicted molar refractivity (Wildman–Crippen MR) is 70.0 cm³/mol. The Balaban J connectivity index is 2.72. The Kier molecular flexibility index (Phi) is 5.19. The fourth-order valence-electron chi connectivity index (χ4n) is 1.35. The van der Waals surface area contributed by atoms with Crippen LogP contribution < -0.4 is 5.73 Å². The Labute approximate surface area is 101 Å². The van der Waals surface area contributed by atoms with Crippen LogP contribution in [0.5, 0.6) is 0 Å². The van der Waals surface area contributed by atoms with Gasteiger partial charge >= 0.3 is 0 Å². The first-order chi connectivity index (χ1) is 7.65. The van der Waals surface area contributed by atoms with Gasteiger partial charge in [-0.05, 0) is 17.2 Å². The van der Waals surface area contributed by atoms with Crippen molar-refractivity contribution in [1.29, 1.82) is 0 Å². The molecule has 0 aromatic heterocycles. The number of hydrogen-bond acceptors (Lipinski definition) is 3. The Morgan fingerprint density at radius 1 is 1.44 bits per heavy atom. The number of nitrogens with two attached hydrogens (primary N) is 1. The van der Waals surface area contributed by atoms with Gasteiger partial charge in [0, 0.05) is 11.3 Å². The van der Waals surface area contributed by atoms with Gasteiger partial charge in [-0.25, -0.2) is 0 Å². The molecular formula is C12H18N2OS. The summed E-state index contributed by atoms with van der Waals surface area (Å²) >= 11 is 1.86. The van der Waals surface area contributed by atoms with Crippen molar-refractivity contribution in [2.75, 3.05) is 5.75 Å². The van der Waals surface area contributed by atoms with Crippen LogP contribution in [-0.4, -0.2) is 16.8 Å². The fourth-order valence-corrected chi connectivity index (χ4v) is 2.42. The van der Waals surface area contributed by atoms with Crippen LogP contribution in [0.4, 0.5) is 0 Å². The topological polar surface area (TPSA) is 58.6 Å². The van der Waals surface area contributed by atoms with Crippen molar-refractivity contribution in [1.82, 2.24) is 0 Å². The normalized spacial score (nSPS) is 12.1. The van der Waals surface area contributed by atoms with Gasteiger partial charge in [0.05, 0.1) is 0 Å². The van der Waals surface area contributed by atoms with E-state index < -0.39 is 0 Å². The zero-order valence-electron chi connectivity index (χ0n) is 9.68. The van der Waals surface area contributed by atoms with E-state index in [4.69, 9.17) is 10.9 Å². The zero-order valence-corrected chi connectivity index (χ0v) is 10.5. The molecule has 1 aromatic carbocycles. The molecule has 0 saturated carbocycles. The minimum absolute atomic E-state index is 0.181. The van der Waals surface area contributed by atoms with E-state index in [-0.39, 0.29) is 5.84 Å². The molecule has 0 aliphatic carbocycles. The summed E-state index contributed by atoms with van der Waals surface area (Å²) in [6.45, 7) is 4.39. The van der Waals surface area contributed by atoms with Crippen molar-refractivity contribution in [3.63, 3.8) is 0 Å². The number of amidine groups is 1. The van der Waals surface area contributed by atoms with E-state index >= 15 is 0 Å². The number of hydrogen-bond donors (Lipinski definition) is 2. The third-order valence-corrected chi connectivity index (χ3v) is 3.53. The first-order valence-corrected chi connectivity index (χ1v) is 6.44. The van der Waals surface area contributed by atoms with Crippen molar-refractivity contribution in [2.24, 2.45) is 16.8 Å². The lowest BCUT2D eigenvalue weighted by molar-refractivity contribution is 0.318. The standard InChI is InChI=1S/C12H18N2OS/c1-9(2)7-16-8-10-5-3-4-6-11(10)12(13)14-15/h3-6,9,15H,7-8H2,1-2H3,(H2,13,14). The van der Waals surface area contributed by atoms with Crippen LogP contribution >= 0.6 is 11.8 Å². The van der Waals surface area contributed by atoms with Gasteiger partial charge in [0.25, 0.3) is 0 Å². The van der Waals surface area contributed by atoms with E-state index in [9.17, 15) is 0 Å². The lowest BCUT2D eigenvalue weighted by atomic mass is 10.1. The molecule has 1 rings (SSSR count). The van der Waals surface area contributed by atoms with Crippen molar-refractivity contribution in [2.45, 2.75) is 19.6 Å². The third-order valence-electron chi connectivity index (χ3n) is 2.11. The first kappa shape index (κ1) is 12.9. The molecule has 0 amide bonds. The Morgan fingerprint density at radius 2 is 2.12 bits per heavy atom. The number of nitrogens with zero attached hydrogens (tertiary/aromatic N) is 1. The lowest BCUT2D eigenvalue weighted by Gasteiger charge is -2.08. The Hall–Kier alpha value is -1.16. The highest BCUT2D eigenvalue weighted by atomic mass is 32.2. The van der Waals surface area contributed by atoms with Gasteiger partial charge in [-0.2, -0.15) is 11.8 Å². The summed E-state index contributed by atoms with van der Waals surface area (Å²) in [4.78, 5) is 0. The van der Waals surface area contributed by atoms with E-state index in [2.05, 4.69) is 19.0 Å². The number of thioether (sulfide) groups is 1. The van der Waals surface area contributed by atoms with E-state index in [0.29, 0.717) is 5.92 Å². The summed E-state index contributed by atoms with van der Waals surface area (Å²) in [5.41, 5.74) is 7.55. The van der Waals surface area contributed by atoms with Crippen LogP contribution in [0.1, 0.15) is 25.0 Å². The first-order valence-electron chi connectivity index (χ1n) is 5.28. The largest absolute Gasteiger partial charge is 0.409 e. The molecule has 0 fully saturated rings. The molecule has 0 atom stereocenters. The monoisotopic (exact) mass is 238 g/mol. The molecular weight excluding hydrogens is 220 g/mol. The smallest absolute Gasteiger partial charge is 0.170 e. The van der Waals surface area contributed by atoms with E-state index in [0.717, 1.165) is 22.6 Å². The van der Waals surface area contributed by atoms with Crippen LogP contribution in [-0.2, 0) is 5.75 Å². The van der Waals surface area contributed by atoms with E-state index in [1.807, 2.05) is 36.0 Å². The second-order valence-electron chi connectivity index (χ2n) is 4.05. The van der Waals surface area contributed by atoms with Crippen LogP contribution in [0.15, 0.2) is 29.4 Å². The van der Waals surface area contributed by atoms with E-state index in [1.165, 1.54) is 0 Å². The second-order valence-corrected chi connectivity index (χ2v) is 5.08. The maximum Gasteiger partial charge on any atom is 0.170 e. The van der Waals surface area contributed by atoms with E-state index in [1.54, 1.807) is 0 Å². The average Bonchev–Trinajstić information content (AvgIpc) is 2.28. The molecule has 0 aliphatic heterocycles. The van der Waals surface area contributed by atoms with Crippen LogP contribution in [0.25, 0.3) is 0 Å². The maximum atomic E-state index is 8.68. The molecule has 0 radical (unpaired) electrons. The van der Waals surface area contributed by atoms with Gasteiger partial charge in [-0.1, -0.05) is 43.3 Å². The quantitative estimate of drug-likeness (QED) is 0.359. The minimum atomic E-state index is 0.181. The molecule has 0 heterocycles. The molecule has 0 bridgehead atoms. The van der Waals surface area contributed by atoms with Gasteiger partial charge in [0.15, 0.2) is 5.84 Å². The second kappa shape index (κ2) is 6.43. The molecule has 16 heavy (non-hydrogen) atoms. The predicted octanol–water partition coefficient (Wildman–Crippen LogP) is 2.67. The van der Waals surface area contributed by atoms with Crippen LogP contribution in [0.2, 0.25) is 0 Å². The zero-order chi connectivity index (χ0) is 12.0. The van der Waals surface area contributed by atoms with Gasteiger partial charge < -0.3 is 10.9 Å². The summed E-state index contributed by atoms with van der Waals surface area (Å²) in [5, 5.41) is 11.7. The summed E-state index contributed by atoms with van der Waals surface area (Å²) in [6, 6.07) is 7.75. The highest BCUT2D eigenvalue weighted by molar-refractivity contribution is 7.98. The van der Waals surface area contributed by atoms with Crippen LogP contribution in [0, 0.1) is 5.92 Å².